The molecule has 5 aromatic rings. The predicted molar refractivity (Wildman–Crippen MR) is 127 cm³/mol. The molecular formula is C25H24N6O2. The highest BCUT2D eigenvalue weighted by molar-refractivity contribution is 6.03. The van der Waals surface area contributed by atoms with Crippen LogP contribution in [0.2, 0.25) is 0 Å². The lowest BCUT2D eigenvalue weighted by atomic mass is 9.93. The Morgan fingerprint density at radius 2 is 1.94 bits per heavy atom. The van der Waals surface area contributed by atoms with Crippen LogP contribution < -0.4 is 5.32 Å². The third kappa shape index (κ3) is 4.03. The second-order valence-electron chi connectivity index (χ2n) is 9.09. The molecule has 166 valence electrons. The topological polar surface area (TPSA) is 102 Å². The van der Waals surface area contributed by atoms with E-state index in [0.717, 1.165) is 33.4 Å². The summed E-state index contributed by atoms with van der Waals surface area (Å²) in [6, 6.07) is 11.4. The van der Waals surface area contributed by atoms with E-state index in [1.165, 1.54) is 0 Å². The van der Waals surface area contributed by atoms with Crippen LogP contribution in [0.15, 0.2) is 65.7 Å². The molecular weight excluding hydrogens is 416 g/mol. The summed E-state index contributed by atoms with van der Waals surface area (Å²) in [6.45, 7) is 8.02. The standard InChI is InChI=1S/C25H24N6O2/c1-15-5-6-19(29-24(32)20-11-22(33-30-20)25(2,3)4)10-21(15)31-14-18(13-28-31)17-9-16-7-8-26-23(16)27-12-17/h5-14H,1-4H3,(H,26,27)(H,29,32). The monoisotopic (exact) mass is 440 g/mol. The largest absolute Gasteiger partial charge is 0.360 e. The Bertz CT molecular complexity index is 1470. The zero-order valence-corrected chi connectivity index (χ0v) is 18.9. The van der Waals surface area contributed by atoms with Crippen LogP contribution >= 0.6 is 0 Å². The fourth-order valence-corrected chi connectivity index (χ4v) is 3.57. The maximum Gasteiger partial charge on any atom is 0.277 e. The van der Waals surface area contributed by atoms with Gasteiger partial charge in [-0.3, -0.25) is 4.79 Å². The van der Waals surface area contributed by atoms with Gasteiger partial charge in [-0.1, -0.05) is 32.0 Å². The van der Waals surface area contributed by atoms with Crippen molar-refractivity contribution in [3.63, 3.8) is 0 Å². The van der Waals surface area contributed by atoms with Crippen molar-refractivity contribution in [3.05, 3.63) is 78.2 Å². The molecule has 0 atom stereocenters. The van der Waals surface area contributed by atoms with Gasteiger partial charge in [0.1, 0.15) is 11.4 Å². The molecule has 0 aliphatic heterocycles. The van der Waals surface area contributed by atoms with Crippen molar-refractivity contribution in [3.8, 4) is 16.8 Å². The number of nitrogens with zero attached hydrogens (tertiary/aromatic N) is 4. The van der Waals surface area contributed by atoms with Crippen molar-refractivity contribution < 1.29 is 9.32 Å². The first-order valence-electron chi connectivity index (χ1n) is 10.7. The molecule has 4 heterocycles. The van der Waals surface area contributed by atoms with Crippen molar-refractivity contribution in [1.29, 1.82) is 0 Å². The van der Waals surface area contributed by atoms with Crippen LogP contribution in [0.1, 0.15) is 42.6 Å². The number of carbonyl (C=O) groups excluding carboxylic acids is 1. The molecule has 4 aromatic heterocycles. The Balaban J connectivity index is 1.40. The first-order valence-corrected chi connectivity index (χ1v) is 10.7. The van der Waals surface area contributed by atoms with E-state index < -0.39 is 0 Å². The minimum absolute atomic E-state index is 0.221. The Morgan fingerprint density at radius 3 is 2.73 bits per heavy atom. The number of aromatic nitrogens is 5. The maximum absolute atomic E-state index is 12.7. The summed E-state index contributed by atoms with van der Waals surface area (Å²) < 4.78 is 7.14. The van der Waals surface area contributed by atoms with Gasteiger partial charge in [-0.05, 0) is 36.8 Å². The molecule has 8 nitrogen and oxygen atoms in total. The average Bonchev–Trinajstić information content (AvgIpc) is 3.53. The number of nitrogens with one attached hydrogen (secondary N) is 2. The molecule has 2 N–H and O–H groups in total. The Kier molecular flexibility index (Phi) is 4.85. The summed E-state index contributed by atoms with van der Waals surface area (Å²) in [6.07, 6.45) is 7.46. The third-order valence-electron chi connectivity index (χ3n) is 5.51. The van der Waals surface area contributed by atoms with Crippen molar-refractivity contribution in [2.24, 2.45) is 0 Å². The van der Waals surface area contributed by atoms with E-state index in [1.807, 2.05) is 76.7 Å². The minimum atomic E-state index is -0.323. The zero-order valence-electron chi connectivity index (χ0n) is 18.9. The maximum atomic E-state index is 12.7. The van der Waals surface area contributed by atoms with E-state index in [1.54, 1.807) is 10.7 Å². The highest BCUT2D eigenvalue weighted by Crippen LogP contribution is 2.26. The number of aromatic amines is 1. The number of pyridine rings is 1. The summed E-state index contributed by atoms with van der Waals surface area (Å²) in [4.78, 5) is 20.3. The molecule has 0 aliphatic rings. The fraction of sp³-hybridized carbons (Fsp3) is 0.200. The van der Waals surface area contributed by atoms with Gasteiger partial charge in [0.05, 0.1) is 11.9 Å². The predicted octanol–water partition coefficient (Wildman–Crippen LogP) is 5.26. The Labute approximate surface area is 190 Å². The first-order chi connectivity index (χ1) is 15.8. The number of rotatable bonds is 4. The normalized spacial score (nSPS) is 11.8. The number of carbonyl (C=O) groups is 1. The molecule has 0 bridgehead atoms. The van der Waals surface area contributed by atoms with Crippen molar-refractivity contribution in [2.75, 3.05) is 5.32 Å². The summed E-state index contributed by atoms with van der Waals surface area (Å²) in [7, 11) is 0. The summed E-state index contributed by atoms with van der Waals surface area (Å²) in [5.74, 6) is 0.338. The lowest BCUT2D eigenvalue weighted by molar-refractivity contribution is 0.101. The minimum Gasteiger partial charge on any atom is -0.360 e. The average molecular weight is 441 g/mol. The molecule has 8 heteroatoms. The fourth-order valence-electron chi connectivity index (χ4n) is 3.57. The molecule has 1 amide bonds. The van der Waals surface area contributed by atoms with Gasteiger partial charge in [0.25, 0.3) is 5.91 Å². The Morgan fingerprint density at radius 1 is 1.09 bits per heavy atom. The zero-order chi connectivity index (χ0) is 23.2. The second kappa shape index (κ2) is 7.74. The van der Waals surface area contributed by atoms with E-state index in [9.17, 15) is 4.79 Å². The molecule has 0 unspecified atom stereocenters. The molecule has 0 saturated heterocycles. The highest BCUT2D eigenvalue weighted by Gasteiger charge is 2.22. The number of H-pyrrole nitrogens is 1. The van der Waals surface area contributed by atoms with Crippen molar-refractivity contribution >= 4 is 22.6 Å². The smallest absolute Gasteiger partial charge is 0.277 e. The number of anilines is 1. The van der Waals surface area contributed by atoms with Crippen LogP contribution in [0.4, 0.5) is 5.69 Å². The van der Waals surface area contributed by atoms with Crippen LogP contribution in [0, 0.1) is 6.92 Å². The van der Waals surface area contributed by atoms with Gasteiger partial charge < -0.3 is 14.8 Å². The molecule has 0 fully saturated rings. The van der Waals surface area contributed by atoms with Gasteiger partial charge in [0.2, 0.25) is 0 Å². The molecule has 0 radical (unpaired) electrons. The SMILES string of the molecule is Cc1ccc(NC(=O)c2cc(C(C)(C)C)on2)cc1-n1cc(-c2cnc3[nH]ccc3c2)cn1. The summed E-state index contributed by atoms with van der Waals surface area (Å²) in [5.41, 5.74) is 5.36. The number of hydrogen-bond donors (Lipinski definition) is 2. The number of hydrogen-bond acceptors (Lipinski definition) is 5. The van der Waals surface area contributed by atoms with Gasteiger partial charge in [0, 0.05) is 52.3 Å². The van der Waals surface area contributed by atoms with E-state index in [-0.39, 0.29) is 17.0 Å². The molecule has 0 aliphatic carbocycles. The van der Waals surface area contributed by atoms with Crippen LogP contribution in [-0.2, 0) is 5.41 Å². The molecule has 0 spiro atoms. The second-order valence-corrected chi connectivity index (χ2v) is 9.09. The highest BCUT2D eigenvalue weighted by atomic mass is 16.5. The van der Waals surface area contributed by atoms with E-state index in [4.69, 9.17) is 4.52 Å². The Hall–Kier alpha value is -4.20. The number of aryl methyl sites for hydroxylation is 1. The molecule has 5 rings (SSSR count). The lowest BCUT2D eigenvalue weighted by Gasteiger charge is -2.12. The van der Waals surface area contributed by atoms with Crippen molar-refractivity contribution in [2.45, 2.75) is 33.1 Å². The number of benzene rings is 1. The van der Waals surface area contributed by atoms with Gasteiger partial charge in [0.15, 0.2) is 5.69 Å². The van der Waals surface area contributed by atoms with E-state index >= 15 is 0 Å². The first kappa shape index (κ1) is 20.7. The summed E-state index contributed by atoms with van der Waals surface area (Å²) in [5, 5.41) is 12.4. The van der Waals surface area contributed by atoms with E-state index in [2.05, 4.69) is 31.6 Å². The molecule has 1 aromatic carbocycles. The molecule has 33 heavy (non-hydrogen) atoms. The summed E-state index contributed by atoms with van der Waals surface area (Å²) >= 11 is 0. The van der Waals surface area contributed by atoms with Gasteiger partial charge >= 0.3 is 0 Å². The van der Waals surface area contributed by atoms with Crippen LogP contribution in [-0.4, -0.2) is 30.8 Å². The third-order valence-corrected chi connectivity index (χ3v) is 5.51. The quantitative estimate of drug-likeness (QED) is 0.397. The van der Waals surface area contributed by atoms with Crippen molar-refractivity contribution in [1.82, 2.24) is 24.9 Å². The van der Waals surface area contributed by atoms with Crippen LogP contribution in [0.3, 0.4) is 0 Å². The van der Waals surface area contributed by atoms with Gasteiger partial charge in [-0.25, -0.2) is 9.67 Å². The van der Waals surface area contributed by atoms with E-state index in [0.29, 0.717) is 11.4 Å². The number of fused-ring (bicyclic) bond motifs is 1. The number of amides is 1. The lowest BCUT2D eigenvalue weighted by Crippen LogP contribution is -2.13. The van der Waals surface area contributed by atoms with Crippen LogP contribution in [0.25, 0.3) is 27.8 Å². The van der Waals surface area contributed by atoms with Gasteiger partial charge in [-0.2, -0.15) is 5.10 Å². The molecule has 0 saturated carbocycles. The van der Waals surface area contributed by atoms with Gasteiger partial charge in [-0.15, -0.1) is 0 Å². The van der Waals surface area contributed by atoms with Crippen LogP contribution in [0.5, 0.6) is 0 Å².